The molecular weight excluding hydrogens is 234 g/mol. The predicted octanol–water partition coefficient (Wildman–Crippen LogP) is 2.89. The Kier molecular flexibility index (Phi) is 3.99. The summed E-state index contributed by atoms with van der Waals surface area (Å²) in [7, 11) is -3.41. The van der Waals surface area contributed by atoms with Crippen LogP contribution in [0.2, 0.25) is 0 Å². The first-order chi connectivity index (χ1) is 7.62. The van der Waals surface area contributed by atoms with E-state index in [1.807, 2.05) is 32.9 Å². The van der Waals surface area contributed by atoms with Crippen LogP contribution in [0.1, 0.15) is 46.1 Å². The summed E-state index contributed by atoms with van der Waals surface area (Å²) < 4.78 is 26.7. The molecule has 0 aliphatic carbocycles. The number of nitrogens with one attached hydrogen (secondary N) is 1. The van der Waals surface area contributed by atoms with E-state index in [0.717, 1.165) is 5.56 Å². The lowest BCUT2D eigenvalue weighted by molar-refractivity contribution is 0.491. The molecule has 0 saturated carbocycles. The third kappa shape index (κ3) is 4.13. The Labute approximate surface area is 104 Å². The van der Waals surface area contributed by atoms with Gasteiger partial charge in [0.1, 0.15) is 0 Å². The van der Waals surface area contributed by atoms with Gasteiger partial charge in [-0.05, 0) is 44.4 Å². The Hall–Kier alpha value is -0.870. The molecule has 0 aromatic heterocycles. The molecule has 1 rings (SSSR count). The molecule has 0 aliphatic heterocycles. The molecule has 0 bridgehead atoms. The number of hydrogen-bond acceptors (Lipinski definition) is 2. The summed E-state index contributed by atoms with van der Waals surface area (Å²) in [6.45, 7) is 9.64. The van der Waals surface area contributed by atoms with Gasteiger partial charge in [-0.2, -0.15) is 0 Å². The first-order valence-electron chi connectivity index (χ1n) is 5.76. The Morgan fingerprint density at radius 1 is 1.06 bits per heavy atom. The normalized spacial score (nSPS) is 13.1. The molecule has 3 nitrogen and oxygen atoms in total. The van der Waals surface area contributed by atoms with E-state index in [2.05, 4.69) is 18.6 Å². The van der Waals surface area contributed by atoms with Crippen molar-refractivity contribution in [1.29, 1.82) is 0 Å². The molecular formula is C13H21NO2S. The van der Waals surface area contributed by atoms with E-state index in [1.165, 1.54) is 0 Å². The highest BCUT2D eigenvalue weighted by Gasteiger charge is 2.21. The van der Waals surface area contributed by atoms with Gasteiger partial charge in [0.05, 0.1) is 4.90 Å². The molecule has 0 fully saturated rings. The van der Waals surface area contributed by atoms with E-state index in [4.69, 9.17) is 0 Å². The quantitative estimate of drug-likeness (QED) is 0.902. The van der Waals surface area contributed by atoms with Gasteiger partial charge in [-0.15, -0.1) is 0 Å². The van der Waals surface area contributed by atoms with E-state index >= 15 is 0 Å². The molecule has 0 radical (unpaired) electrons. The Morgan fingerprint density at radius 3 is 1.88 bits per heavy atom. The zero-order valence-electron chi connectivity index (χ0n) is 11.1. The molecule has 0 spiro atoms. The van der Waals surface area contributed by atoms with Crippen LogP contribution >= 0.6 is 0 Å². The predicted molar refractivity (Wildman–Crippen MR) is 70.6 cm³/mol. The van der Waals surface area contributed by atoms with Crippen LogP contribution in [-0.2, 0) is 10.0 Å². The molecule has 0 heterocycles. The number of hydrogen-bond donors (Lipinski definition) is 1. The summed E-state index contributed by atoms with van der Waals surface area (Å²) in [5.41, 5.74) is 0.676. The zero-order chi connectivity index (χ0) is 13.3. The fourth-order valence-corrected chi connectivity index (χ4v) is 2.91. The lowest BCUT2D eigenvalue weighted by Gasteiger charge is -2.20. The molecule has 1 aromatic carbocycles. The maximum atomic E-state index is 12.0. The van der Waals surface area contributed by atoms with Crippen molar-refractivity contribution in [2.45, 2.75) is 51.0 Å². The fourth-order valence-electron chi connectivity index (χ4n) is 1.49. The fraction of sp³-hybridized carbons (Fsp3) is 0.538. The van der Waals surface area contributed by atoms with Gasteiger partial charge in [-0.25, -0.2) is 13.1 Å². The topological polar surface area (TPSA) is 46.2 Å². The Balaban J connectivity index is 3.01. The standard InChI is InChI=1S/C13H21NO2S/c1-10(2)11-6-8-12(9-7-11)17(15,16)14-13(3,4)5/h6-10,14H,1-5H3. The van der Waals surface area contributed by atoms with E-state index in [1.54, 1.807) is 12.1 Å². The molecule has 96 valence electrons. The Bertz CT molecular complexity index is 467. The minimum atomic E-state index is -3.41. The highest BCUT2D eigenvalue weighted by molar-refractivity contribution is 7.89. The molecule has 0 unspecified atom stereocenters. The van der Waals surface area contributed by atoms with Gasteiger partial charge in [0.2, 0.25) is 10.0 Å². The maximum Gasteiger partial charge on any atom is 0.241 e. The first kappa shape index (κ1) is 14.2. The van der Waals surface area contributed by atoms with Crippen LogP contribution < -0.4 is 4.72 Å². The average Bonchev–Trinajstić information content (AvgIpc) is 2.14. The summed E-state index contributed by atoms with van der Waals surface area (Å²) >= 11 is 0. The van der Waals surface area contributed by atoms with Gasteiger partial charge >= 0.3 is 0 Å². The molecule has 17 heavy (non-hydrogen) atoms. The van der Waals surface area contributed by atoms with Crippen molar-refractivity contribution in [2.75, 3.05) is 0 Å². The van der Waals surface area contributed by atoms with Crippen molar-refractivity contribution in [3.05, 3.63) is 29.8 Å². The van der Waals surface area contributed by atoms with Crippen molar-refractivity contribution in [3.63, 3.8) is 0 Å². The van der Waals surface area contributed by atoms with Crippen molar-refractivity contribution in [1.82, 2.24) is 4.72 Å². The highest BCUT2D eigenvalue weighted by Crippen LogP contribution is 2.18. The van der Waals surface area contributed by atoms with Gasteiger partial charge in [0.25, 0.3) is 0 Å². The average molecular weight is 255 g/mol. The van der Waals surface area contributed by atoms with Crippen LogP contribution in [0.4, 0.5) is 0 Å². The molecule has 1 N–H and O–H groups in total. The van der Waals surface area contributed by atoms with Crippen LogP contribution in [0.25, 0.3) is 0 Å². The Morgan fingerprint density at radius 2 is 1.53 bits per heavy atom. The molecule has 4 heteroatoms. The van der Waals surface area contributed by atoms with Crippen LogP contribution in [0.3, 0.4) is 0 Å². The number of rotatable bonds is 3. The molecule has 0 atom stereocenters. The summed E-state index contributed by atoms with van der Waals surface area (Å²) in [4.78, 5) is 0.317. The van der Waals surface area contributed by atoms with Gasteiger partial charge < -0.3 is 0 Å². The number of sulfonamides is 1. The van der Waals surface area contributed by atoms with Crippen LogP contribution in [0, 0.1) is 0 Å². The van der Waals surface area contributed by atoms with Gasteiger partial charge in [0.15, 0.2) is 0 Å². The van der Waals surface area contributed by atoms with Crippen LogP contribution in [-0.4, -0.2) is 14.0 Å². The van der Waals surface area contributed by atoms with Crippen molar-refractivity contribution < 1.29 is 8.42 Å². The van der Waals surface area contributed by atoms with E-state index < -0.39 is 15.6 Å². The molecule has 1 aromatic rings. The van der Waals surface area contributed by atoms with Crippen molar-refractivity contribution in [2.24, 2.45) is 0 Å². The largest absolute Gasteiger partial charge is 0.241 e. The lowest BCUT2D eigenvalue weighted by atomic mass is 10.0. The van der Waals surface area contributed by atoms with E-state index in [9.17, 15) is 8.42 Å². The highest BCUT2D eigenvalue weighted by atomic mass is 32.2. The SMILES string of the molecule is CC(C)c1ccc(S(=O)(=O)NC(C)(C)C)cc1. The van der Waals surface area contributed by atoms with Crippen molar-refractivity contribution >= 4 is 10.0 Å². The summed E-state index contributed by atoms with van der Waals surface area (Å²) in [6, 6.07) is 7.04. The van der Waals surface area contributed by atoms with Gasteiger partial charge in [-0.1, -0.05) is 26.0 Å². The molecule has 0 saturated heterocycles. The van der Waals surface area contributed by atoms with Crippen molar-refractivity contribution in [3.8, 4) is 0 Å². The van der Waals surface area contributed by atoms with Crippen LogP contribution in [0.5, 0.6) is 0 Å². The minimum absolute atomic E-state index is 0.317. The third-order valence-electron chi connectivity index (χ3n) is 2.30. The second-order valence-corrected chi connectivity index (χ2v) is 7.26. The summed E-state index contributed by atoms with van der Waals surface area (Å²) in [5, 5.41) is 0. The second-order valence-electron chi connectivity index (χ2n) is 5.58. The van der Waals surface area contributed by atoms with Gasteiger partial charge in [-0.3, -0.25) is 0 Å². The van der Waals surface area contributed by atoms with E-state index in [-0.39, 0.29) is 0 Å². The molecule has 0 amide bonds. The summed E-state index contributed by atoms with van der Waals surface area (Å²) in [6.07, 6.45) is 0. The monoisotopic (exact) mass is 255 g/mol. The second kappa shape index (κ2) is 4.78. The van der Waals surface area contributed by atoms with Crippen LogP contribution in [0.15, 0.2) is 29.2 Å². The minimum Gasteiger partial charge on any atom is -0.207 e. The first-order valence-corrected chi connectivity index (χ1v) is 7.24. The van der Waals surface area contributed by atoms with Gasteiger partial charge in [0, 0.05) is 5.54 Å². The smallest absolute Gasteiger partial charge is 0.207 e. The molecule has 0 aliphatic rings. The number of benzene rings is 1. The summed E-state index contributed by atoms with van der Waals surface area (Å²) in [5.74, 6) is 0.405. The maximum absolute atomic E-state index is 12.0. The van der Waals surface area contributed by atoms with E-state index in [0.29, 0.717) is 10.8 Å². The third-order valence-corrected chi connectivity index (χ3v) is 4.07. The lowest BCUT2D eigenvalue weighted by Crippen LogP contribution is -2.40. The zero-order valence-corrected chi connectivity index (χ0v) is 11.9.